The Morgan fingerprint density at radius 1 is 0.889 bits per heavy atom. The first kappa shape index (κ1) is 22.0. The van der Waals surface area contributed by atoms with Gasteiger partial charge in [-0.05, 0) is 23.3 Å². The van der Waals surface area contributed by atoms with Crippen molar-refractivity contribution < 1.29 is 36.2 Å². The summed E-state index contributed by atoms with van der Waals surface area (Å²) in [5.41, 5.74) is -0.999. The second-order valence-electron chi connectivity index (χ2n) is 5.30. The van der Waals surface area contributed by atoms with Crippen molar-refractivity contribution in [2.45, 2.75) is 25.2 Å². The van der Waals surface area contributed by atoms with E-state index in [1.54, 1.807) is 6.07 Å². The summed E-state index contributed by atoms with van der Waals surface area (Å²) in [6, 6.07) is 10.9. The van der Waals surface area contributed by atoms with Gasteiger partial charge in [0.25, 0.3) is 0 Å². The van der Waals surface area contributed by atoms with Crippen molar-refractivity contribution in [1.29, 1.82) is 5.26 Å². The van der Waals surface area contributed by atoms with Crippen molar-refractivity contribution >= 4 is 5.97 Å². The van der Waals surface area contributed by atoms with E-state index in [0.717, 1.165) is 24.3 Å². The lowest BCUT2D eigenvalue weighted by Gasteiger charge is -2.07. The molecule has 2 aromatic rings. The molecule has 0 saturated heterocycles. The van der Waals surface area contributed by atoms with Crippen LogP contribution in [-0.4, -0.2) is 11.1 Å². The van der Waals surface area contributed by atoms with Crippen molar-refractivity contribution in [3.05, 3.63) is 70.8 Å². The Morgan fingerprint density at radius 3 is 1.74 bits per heavy atom. The molecule has 0 amide bonds. The third-order valence-electron chi connectivity index (χ3n) is 3.15. The van der Waals surface area contributed by atoms with Gasteiger partial charge < -0.3 is 5.11 Å². The minimum Gasteiger partial charge on any atom is -0.481 e. The first-order valence-corrected chi connectivity index (χ1v) is 7.34. The number of rotatable bonds is 3. The minimum absolute atomic E-state index is 0.00389. The van der Waals surface area contributed by atoms with Crippen molar-refractivity contribution in [2.75, 3.05) is 0 Å². The maximum atomic E-state index is 12.2. The van der Waals surface area contributed by atoms with Crippen LogP contribution in [-0.2, 0) is 30.0 Å². The molecule has 3 nitrogen and oxygen atoms in total. The number of carbonyl (C=O) groups is 1. The number of hydrogen-bond donors (Lipinski definition) is 1. The molecule has 2 aromatic carbocycles. The zero-order valence-electron chi connectivity index (χ0n) is 13.6. The molecule has 27 heavy (non-hydrogen) atoms. The van der Waals surface area contributed by atoms with Gasteiger partial charge >= 0.3 is 18.3 Å². The smallest absolute Gasteiger partial charge is 0.416 e. The maximum absolute atomic E-state index is 12.2. The van der Waals surface area contributed by atoms with Crippen LogP contribution in [0.1, 0.15) is 22.3 Å². The van der Waals surface area contributed by atoms with E-state index in [1.807, 2.05) is 0 Å². The molecule has 0 aliphatic carbocycles. The van der Waals surface area contributed by atoms with Crippen LogP contribution < -0.4 is 0 Å². The van der Waals surface area contributed by atoms with E-state index < -0.39 is 35.9 Å². The Labute approximate surface area is 150 Å². The van der Waals surface area contributed by atoms with Gasteiger partial charge in [0, 0.05) is 0 Å². The highest BCUT2D eigenvalue weighted by Gasteiger charge is 2.31. The van der Waals surface area contributed by atoms with Gasteiger partial charge in [0.05, 0.1) is 30.0 Å². The number of carboxylic acid groups (broad SMARTS) is 1. The van der Waals surface area contributed by atoms with Gasteiger partial charge in [-0.3, -0.25) is 4.79 Å². The van der Waals surface area contributed by atoms with Gasteiger partial charge in [-0.1, -0.05) is 36.4 Å². The normalized spacial score (nSPS) is 11.1. The average molecular weight is 389 g/mol. The number of halogens is 6. The molecule has 0 fully saturated rings. The lowest BCUT2D eigenvalue weighted by molar-refractivity contribution is -0.138. The number of aliphatic carboxylic acids is 1. The standard InChI is InChI=1S/C9H6F3N.C9H7F3O2/c10-9(11,12)8-3-1-2-7(6-8)4-5-13;10-9(11,12)7-3-1-2-6(4-7)5-8(13)14/h1-3,6H,4H2;1-4H,5H2,(H,13,14). The maximum Gasteiger partial charge on any atom is 0.416 e. The molecule has 0 bridgehead atoms. The van der Waals surface area contributed by atoms with Crippen molar-refractivity contribution in [3.8, 4) is 6.07 Å². The summed E-state index contributed by atoms with van der Waals surface area (Å²) < 4.78 is 72.8. The Bertz CT molecular complexity index is 822. The van der Waals surface area contributed by atoms with Crippen LogP contribution in [0, 0.1) is 11.3 Å². The molecule has 0 aliphatic heterocycles. The molecule has 0 aliphatic rings. The van der Waals surface area contributed by atoms with Crippen LogP contribution >= 0.6 is 0 Å². The summed E-state index contributed by atoms with van der Waals surface area (Å²) in [5, 5.41) is 16.7. The van der Waals surface area contributed by atoms with Gasteiger partial charge in [-0.25, -0.2) is 0 Å². The first-order chi connectivity index (χ1) is 12.4. The molecular formula is C18H13F6NO2. The van der Waals surface area contributed by atoms with E-state index in [-0.39, 0.29) is 12.0 Å². The summed E-state index contributed by atoms with van der Waals surface area (Å²) in [4.78, 5) is 10.2. The molecule has 0 atom stereocenters. The molecule has 0 aromatic heterocycles. The molecular weight excluding hydrogens is 376 g/mol. The number of carboxylic acids is 1. The zero-order chi connectivity index (χ0) is 20.7. The van der Waals surface area contributed by atoms with E-state index in [2.05, 4.69) is 0 Å². The summed E-state index contributed by atoms with van der Waals surface area (Å²) in [5.74, 6) is -1.15. The van der Waals surface area contributed by atoms with E-state index in [9.17, 15) is 31.1 Å². The molecule has 1 N–H and O–H groups in total. The lowest BCUT2D eigenvalue weighted by atomic mass is 10.1. The Hall–Kier alpha value is -3.02. The molecule has 0 saturated carbocycles. The third kappa shape index (κ3) is 7.81. The van der Waals surface area contributed by atoms with Gasteiger partial charge in [-0.2, -0.15) is 31.6 Å². The molecule has 0 spiro atoms. The molecule has 144 valence electrons. The summed E-state index contributed by atoms with van der Waals surface area (Å²) >= 11 is 0. The molecule has 0 unspecified atom stereocenters. The van der Waals surface area contributed by atoms with Gasteiger partial charge in [0.1, 0.15) is 0 Å². The average Bonchev–Trinajstić information content (AvgIpc) is 2.54. The van der Waals surface area contributed by atoms with Crippen molar-refractivity contribution in [2.24, 2.45) is 0 Å². The van der Waals surface area contributed by atoms with Crippen LogP contribution in [0.2, 0.25) is 0 Å². The lowest BCUT2D eigenvalue weighted by Crippen LogP contribution is -2.07. The molecule has 2 rings (SSSR count). The predicted octanol–water partition coefficient (Wildman–Crippen LogP) is 5.10. The van der Waals surface area contributed by atoms with E-state index in [4.69, 9.17) is 10.4 Å². The largest absolute Gasteiger partial charge is 0.481 e. The molecule has 0 heterocycles. The quantitative estimate of drug-likeness (QED) is 0.743. The Balaban J connectivity index is 0.000000271. The van der Waals surface area contributed by atoms with Gasteiger partial charge in [0.15, 0.2) is 0 Å². The minimum atomic E-state index is -4.42. The first-order valence-electron chi connectivity index (χ1n) is 7.34. The summed E-state index contributed by atoms with van der Waals surface area (Å²) in [7, 11) is 0. The fourth-order valence-electron chi connectivity index (χ4n) is 1.98. The fraction of sp³-hybridized carbons (Fsp3) is 0.222. The highest BCUT2D eigenvalue weighted by molar-refractivity contribution is 5.70. The zero-order valence-corrected chi connectivity index (χ0v) is 13.6. The Kier molecular flexibility index (Phi) is 7.40. The van der Waals surface area contributed by atoms with Crippen LogP contribution in [0.5, 0.6) is 0 Å². The number of hydrogen-bond acceptors (Lipinski definition) is 2. The van der Waals surface area contributed by atoms with Crippen LogP contribution in [0.25, 0.3) is 0 Å². The van der Waals surface area contributed by atoms with E-state index >= 15 is 0 Å². The summed E-state index contributed by atoms with van der Waals surface area (Å²) in [6.45, 7) is 0. The monoisotopic (exact) mass is 389 g/mol. The second-order valence-corrected chi connectivity index (χ2v) is 5.30. The number of benzene rings is 2. The summed E-state index contributed by atoms with van der Waals surface area (Å²) in [6.07, 6.45) is -9.15. The van der Waals surface area contributed by atoms with Crippen molar-refractivity contribution in [1.82, 2.24) is 0 Å². The highest BCUT2D eigenvalue weighted by Crippen LogP contribution is 2.30. The molecule has 0 radical (unpaired) electrons. The second kappa shape index (κ2) is 9.07. The predicted molar refractivity (Wildman–Crippen MR) is 83.5 cm³/mol. The van der Waals surface area contributed by atoms with Crippen LogP contribution in [0.15, 0.2) is 48.5 Å². The van der Waals surface area contributed by atoms with E-state index in [1.165, 1.54) is 24.3 Å². The van der Waals surface area contributed by atoms with Gasteiger partial charge in [0.2, 0.25) is 0 Å². The number of nitriles is 1. The fourth-order valence-corrected chi connectivity index (χ4v) is 1.98. The number of nitrogens with zero attached hydrogens (tertiary/aromatic N) is 1. The Morgan fingerprint density at radius 2 is 1.33 bits per heavy atom. The third-order valence-corrected chi connectivity index (χ3v) is 3.15. The van der Waals surface area contributed by atoms with Gasteiger partial charge in [-0.15, -0.1) is 0 Å². The highest BCUT2D eigenvalue weighted by atomic mass is 19.4. The van der Waals surface area contributed by atoms with E-state index in [0.29, 0.717) is 5.56 Å². The van der Waals surface area contributed by atoms with Crippen molar-refractivity contribution in [3.63, 3.8) is 0 Å². The van der Waals surface area contributed by atoms with Crippen LogP contribution in [0.4, 0.5) is 26.3 Å². The molecule has 9 heteroatoms. The van der Waals surface area contributed by atoms with Crippen LogP contribution in [0.3, 0.4) is 0 Å². The number of alkyl halides is 6. The SMILES string of the molecule is N#CCc1cccc(C(F)(F)F)c1.O=C(O)Cc1cccc(C(F)(F)F)c1. The topological polar surface area (TPSA) is 61.1 Å².